The van der Waals surface area contributed by atoms with E-state index in [0.29, 0.717) is 5.82 Å². The van der Waals surface area contributed by atoms with Gasteiger partial charge in [0, 0.05) is 0 Å². The molecule has 4 aromatic rings. The first-order valence-electron chi connectivity index (χ1n) is 10.3. The van der Waals surface area contributed by atoms with Crippen LogP contribution >= 0.6 is 0 Å². The second-order valence-corrected chi connectivity index (χ2v) is 7.46. The van der Waals surface area contributed by atoms with Gasteiger partial charge in [0.1, 0.15) is 0 Å². The molecule has 0 bridgehead atoms. The smallest absolute Gasteiger partial charge is 0.177 e. The number of fused-ring (bicyclic) bond motifs is 1. The highest BCUT2D eigenvalue weighted by Crippen LogP contribution is 2.39. The van der Waals surface area contributed by atoms with Crippen LogP contribution in [0.5, 0.6) is 0 Å². The summed E-state index contributed by atoms with van der Waals surface area (Å²) < 4.78 is 0. The molecule has 1 N–H and O–H groups in total. The number of aryl methyl sites for hydroxylation is 1. The molecule has 0 fully saturated rings. The van der Waals surface area contributed by atoms with Crippen molar-refractivity contribution < 1.29 is 0 Å². The fourth-order valence-corrected chi connectivity index (χ4v) is 4.15. The SMILES string of the molecule is C(=Cc1nn[nH]n1)c1ccc(C2=C(c3ccccc3)CCCc3ccccc32)cc1. The zero-order valence-electron chi connectivity index (χ0n) is 16.6. The van der Waals surface area contributed by atoms with E-state index in [2.05, 4.69) is 99.5 Å². The summed E-state index contributed by atoms with van der Waals surface area (Å²) in [6.45, 7) is 0. The van der Waals surface area contributed by atoms with Gasteiger partial charge in [-0.1, -0.05) is 84.9 Å². The minimum absolute atomic E-state index is 0.575. The third-order valence-electron chi connectivity index (χ3n) is 5.57. The fourth-order valence-electron chi connectivity index (χ4n) is 4.15. The first kappa shape index (κ1) is 18.3. The second kappa shape index (κ2) is 8.29. The van der Waals surface area contributed by atoms with E-state index in [4.69, 9.17) is 0 Å². The van der Waals surface area contributed by atoms with Crippen LogP contribution in [0.1, 0.15) is 46.5 Å². The van der Waals surface area contributed by atoms with Crippen LogP contribution in [0.25, 0.3) is 23.3 Å². The number of hydrogen-bond donors (Lipinski definition) is 1. The molecule has 1 heterocycles. The Bertz CT molecular complexity index is 1190. The summed E-state index contributed by atoms with van der Waals surface area (Å²) in [6, 6.07) is 28.4. The zero-order valence-corrected chi connectivity index (χ0v) is 16.6. The molecule has 0 saturated heterocycles. The maximum Gasteiger partial charge on any atom is 0.197 e. The Morgan fingerprint density at radius 1 is 0.733 bits per heavy atom. The van der Waals surface area contributed by atoms with Gasteiger partial charge in [0.15, 0.2) is 5.82 Å². The number of allylic oxidation sites excluding steroid dienone is 1. The van der Waals surface area contributed by atoms with Crippen molar-refractivity contribution in [1.82, 2.24) is 20.6 Å². The van der Waals surface area contributed by atoms with E-state index in [1.807, 2.05) is 12.2 Å². The van der Waals surface area contributed by atoms with Crippen molar-refractivity contribution in [3.63, 3.8) is 0 Å². The third-order valence-corrected chi connectivity index (χ3v) is 5.57. The number of nitrogens with zero attached hydrogens (tertiary/aromatic N) is 3. The standard InChI is InChI=1S/C26H22N4/c1-2-7-20(8-3-1)24-12-6-10-21-9-4-5-11-23(21)26(24)22-16-13-19(14-17-22)15-18-25-27-29-30-28-25/h1-5,7-9,11,13-18H,6,10,12H2,(H,27,28,29,30). The molecule has 0 radical (unpaired) electrons. The third kappa shape index (κ3) is 3.72. The molecule has 146 valence electrons. The molecular weight excluding hydrogens is 368 g/mol. The number of benzene rings is 3. The molecule has 0 spiro atoms. The van der Waals surface area contributed by atoms with Gasteiger partial charge in [0.05, 0.1) is 0 Å². The van der Waals surface area contributed by atoms with Crippen molar-refractivity contribution in [3.8, 4) is 0 Å². The fraction of sp³-hybridized carbons (Fsp3) is 0.115. The van der Waals surface area contributed by atoms with E-state index in [0.717, 1.165) is 24.8 Å². The average molecular weight is 390 g/mol. The monoisotopic (exact) mass is 390 g/mol. The van der Waals surface area contributed by atoms with Crippen LogP contribution in [0.4, 0.5) is 0 Å². The van der Waals surface area contributed by atoms with Crippen LogP contribution in [0.2, 0.25) is 0 Å². The molecule has 0 unspecified atom stereocenters. The van der Waals surface area contributed by atoms with Gasteiger partial charge in [-0.3, -0.25) is 0 Å². The highest BCUT2D eigenvalue weighted by molar-refractivity contribution is 5.99. The molecule has 4 heteroatoms. The Morgan fingerprint density at radius 2 is 1.53 bits per heavy atom. The van der Waals surface area contributed by atoms with Crippen molar-refractivity contribution in [2.45, 2.75) is 19.3 Å². The number of rotatable bonds is 4. The van der Waals surface area contributed by atoms with E-state index in [9.17, 15) is 0 Å². The lowest BCUT2D eigenvalue weighted by atomic mass is 9.87. The molecular formula is C26H22N4. The largest absolute Gasteiger partial charge is 0.197 e. The van der Waals surface area contributed by atoms with Crippen molar-refractivity contribution in [3.05, 3.63) is 113 Å². The van der Waals surface area contributed by atoms with Crippen molar-refractivity contribution >= 4 is 23.3 Å². The van der Waals surface area contributed by atoms with E-state index in [-0.39, 0.29) is 0 Å². The number of aromatic amines is 1. The molecule has 1 aromatic heterocycles. The Hall–Kier alpha value is -3.79. The zero-order chi connectivity index (χ0) is 20.2. The van der Waals surface area contributed by atoms with Gasteiger partial charge in [0.2, 0.25) is 0 Å². The molecule has 30 heavy (non-hydrogen) atoms. The highest BCUT2D eigenvalue weighted by Gasteiger charge is 2.19. The number of hydrogen-bond acceptors (Lipinski definition) is 3. The van der Waals surface area contributed by atoms with Gasteiger partial charge in [-0.05, 0) is 69.5 Å². The number of aromatic nitrogens is 4. The summed E-state index contributed by atoms with van der Waals surface area (Å²) >= 11 is 0. The van der Waals surface area contributed by atoms with Crippen molar-refractivity contribution in [2.75, 3.05) is 0 Å². The molecule has 4 nitrogen and oxygen atoms in total. The van der Waals surface area contributed by atoms with Gasteiger partial charge in [0.25, 0.3) is 0 Å². The van der Waals surface area contributed by atoms with Gasteiger partial charge in [-0.25, -0.2) is 0 Å². The molecule has 3 aromatic carbocycles. The van der Waals surface area contributed by atoms with E-state index >= 15 is 0 Å². The first-order chi connectivity index (χ1) is 14.9. The number of tetrazole rings is 1. The molecule has 1 aliphatic carbocycles. The van der Waals surface area contributed by atoms with Crippen molar-refractivity contribution in [1.29, 1.82) is 0 Å². The highest BCUT2D eigenvalue weighted by atomic mass is 15.5. The predicted molar refractivity (Wildman–Crippen MR) is 121 cm³/mol. The van der Waals surface area contributed by atoms with Gasteiger partial charge < -0.3 is 0 Å². The summed E-state index contributed by atoms with van der Waals surface area (Å²) in [6.07, 6.45) is 7.21. The summed E-state index contributed by atoms with van der Waals surface area (Å²) in [4.78, 5) is 0. The van der Waals surface area contributed by atoms with E-state index in [1.165, 1.54) is 33.4 Å². The molecule has 0 saturated carbocycles. The number of H-pyrrole nitrogens is 1. The van der Waals surface area contributed by atoms with Crippen LogP contribution < -0.4 is 0 Å². The second-order valence-electron chi connectivity index (χ2n) is 7.46. The van der Waals surface area contributed by atoms with E-state index in [1.54, 1.807) is 0 Å². The Kier molecular flexibility index (Phi) is 5.05. The van der Waals surface area contributed by atoms with Crippen LogP contribution in [0.3, 0.4) is 0 Å². The average Bonchev–Trinajstić information content (AvgIpc) is 3.25. The molecule has 0 atom stereocenters. The minimum Gasteiger partial charge on any atom is -0.177 e. The van der Waals surface area contributed by atoms with Crippen LogP contribution in [-0.4, -0.2) is 20.6 Å². The summed E-state index contributed by atoms with van der Waals surface area (Å²) in [7, 11) is 0. The Labute approximate surface area is 176 Å². The molecule has 5 rings (SSSR count). The topological polar surface area (TPSA) is 54.5 Å². The Balaban J connectivity index is 1.60. The quantitative estimate of drug-likeness (QED) is 0.489. The van der Waals surface area contributed by atoms with E-state index < -0.39 is 0 Å². The molecule has 1 aliphatic rings. The maximum atomic E-state index is 3.96. The maximum absolute atomic E-state index is 3.96. The predicted octanol–water partition coefficient (Wildman–Crippen LogP) is 5.67. The molecule has 0 aliphatic heterocycles. The summed E-state index contributed by atoms with van der Waals surface area (Å²) in [5, 5.41) is 14.0. The van der Waals surface area contributed by atoms with Crippen LogP contribution in [0.15, 0.2) is 78.9 Å². The van der Waals surface area contributed by atoms with Gasteiger partial charge in [-0.15, -0.1) is 10.2 Å². The summed E-state index contributed by atoms with van der Waals surface area (Å²) in [5.41, 5.74) is 9.22. The lowest BCUT2D eigenvalue weighted by Gasteiger charge is -2.16. The lowest BCUT2D eigenvalue weighted by Crippen LogP contribution is -1.96. The lowest BCUT2D eigenvalue weighted by molar-refractivity contribution is 0.860. The first-order valence-corrected chi connectivity index (χ1v) is 10.3. The van der Waals surface area contributed by atoms with Crippen LogP contribution in [-0.2, 0) is 6.42 Å². The van der Waals surface area contributed by atoms with Gasteiger partial charge >= 0.3 is 0 Å². The van der Waals surface area contributed by atoms with Gasteiger partial charge in [-0.2, -0.15) is 5.21 Å². The molecule has 0 amide bonds. The number of nitrogens with one attached hydrogen (secondary N) is 1. The van der Waals surface area contributed by atoms with Crippen LogP contribution in [0, 0.1) is 0 Å². The summed E-state index contributed by atoms with van der Waals surface area (Å²) in [5.74, 6) is 0.575. The normalized spacial score (nSPS) is 14.0. The van der Waals surface area contributed by atoms with Crippen molar-refractivity contribution in [2.24, 2.45) is 0 Å². The minimum atomic E-state index is 0.575. The Morgan fingerprint density at radius 3 is 2.33 bits per heavy atom.